The van der Waals surface area contributed by atoms with Crippen LogP contribution in [0.3, 0.4) is 0 Å². The van der Waals surface area contributed by atoms with Gasteiger partial charge in [0.25, 0.3) is 0 Å². The van der Waals surface area contributed by atoms with Crippen molar-refractivity contribution >= 4 is 23.5 Å². The van der Waals surface area contributed by atoms with Crippen molar-refractivity contribution in [3.63, 3.8) is 0 Å². The molecular weight excluding hydrogens is 264 g/mol. The first-order valence-electron chi connectivity index (χ1n) is 5.56. The highest BCUT2D eigenvalue weighted by Crippen LogP contribution is 2.23. The number of rotatable bonds is 3. The van der Waals surface area contributed by atoms with Gasteiger partial charge in [-0.05, 0) is 54.6 Å². The third kappa shape index (κ3) is 3.36. The maximum atomic E-state index is 11.8. The summed E-state index contributed by atoms with van der Waals surface area (Å²) in [6.45, 7) is 0. The summed E-state index contributed by atoms with van der Waals surface area (Å²) in [6.07, 6.45) is 2.87. The molecule has 0 saturated heterocycles. The number of hydrogen-bond donors (Lipinski definition) is 2. The average Bonchev–Trinajstić information content (AvgIpc) is 2.38. The van der Waals surface area contributed by atoms with E-state index in [9.17, 15) is 9.90 Å². The number of carbonyl (C=O) groups is 1. The van der Waals surface area contributed by atoms with Gasteiger partial charge in [0, 0.05) is 16.1 Å². The zero-order valence-electron chi connectivity index (χ0n) is 9.88. The maximum absolute atomic E-state index is 11.8. The van der Waals surface area contributed by atoms with E-state index in [-0.39, 0.29) is 17.3 Å². The minimum absolute atomic E-state index is 0.0160. The molecule has 0 aliphatic carbocycles. The second-order valence-electron chi connectivity index (χ2n) is 3.95. The van der Waals surface area contributed by atoms with E-state index in [0.29, 0.717) is 16.1 Å². The van der Waals surface area contributed by atoms with Gasteiger partial charge in [-0.3, -0.25) is 4.79 Å². The van der Waals surface area contributed by atoms with Crippen LogP contribution in [0.15, 0.2) is 48.5 Å². The number of benzene rings is 2. The van der Waals surface area contributed by atoms with E-state index < -0.39 is 0 Å². The molecule has 2 aromatic rings. The number of ketones is 1. The summed E-state index contributed by atoms with van der Waals surface area (Å²) in [5.41, 5.74) is 0.971. The Morgan fingerprint density at radius 3 is 2.37 bits per heavy atom. The smallest absolute Gasteiger partial charge is 0.185 e. The molecule has 3 nitrogen and oxygen atoms in total. The molecule has 0 unspecified atom stereocenters. The molecule has 0 radical (unpaired) electrons. The fraction of sp³-hybridized carbons (Fsp3) is 0. The summed E-state index contributed by atoms with van der Waals surface area (Å²) in [5.74, 6) is -0.0903. The van der Waals surface area contributed by atoms with Crippen LogP contribution in [0.2, 0.25) is 5.02 Å². The van der Waals surface area contributed by atoms with Gasteiger partial charge < -0.3 is 10.2 Å². The largest absolute Gasteiger partial charge is 0.508 e. The zero-order valence-corrected chi connectivity index (χ0v) is 10.6. The molecule has 96 valence electrons. The monoisotopic (exact) mass is 274 g/mol. The Balaban J connectivity index is 2.18. The van der Waals surface area contributed by atoms with Gasteiger partial charge in [0.15, 0.2) is 5.78 Å². The van der Waals surface area contributed by atoms with Crippen LogP contribution in [0, 0.1) is 0 Å². The molecule has 0 amide bonds. The minimum atomic E-state index is -0.214. The topological polar surface area (TPSA) is 57.5 Å². The Labute approximate surface area is 115 Å². The highest BCUT2D eigenvalue weighted by atomic mass is 35.5. The van der Waals surface area contributed by atoms with Crippen LogP contribution in [-0.2, 0) is 0 Å². The third-order valence-corrected chi connectivity index (χ3v) is 2.79. The molecule has 0 saturated carbocycles. The molecule has 0 aliphatic heterocycles. The fourth-order valence-electron chi connectivity index (χ4n) is 1.55. The maximum Gasteiger partial charge on any atom is 0.185 e. The lowest BCUT2D eigenvalue weighted by atomic mass is 10.1. The summed E-state index contributed by atoms with van der Waals surface area (Å²) < 4.78 is 0. The Bertz CT molecular complexity index is 630. The first kappa shape index (κ1) is 13.2. The number of hydrogen-bond acceptors (Lipinski definition) is 3. The molecule has 0 bridgehead atoms. The van der Waals surface area contributed by atoms with Crippen LogP contribution in [0.4, 0.5) is 0 Å². The lowest BCUT2D eigenvalue weighted by Crippen LogP contribution is -1.92. The Morgan fingerprint density at radius 2 is 1.74 bits per heavy atom. The second kappa shape index (κ2) is 5.59. The first-order valence-corrected chi connectivity index (χ1v) is 5.94. The minimum Gasteiger partial charge on any atom is -0.508 e. The van der Waals surface area contributed by atoms with Crippen molar-refractivity contribution in [3.8, 4) is 11.5 Å². The normalized spacial score (nSPS) is 10.8. The van der Waals surface area contributed by atoms with Crippen molar-refractivity contribution < 1.29 is 15.0 Å². The zero-order chi connectivity index (χ0) is 13.8. The van der Waals surface area contributed by atoms with Gasteiger partial charge in [-0.2, -0.15) is 0 Å². The quantitative estimate of drug-likeness (QED) is 0.663. The molecule has 2 aromatic carbocycles. The predicted molar refractivity (Wildman–Crippen MR) is 74.6 cm³/mol. The molecular formula is C15H11ClO3. The molecule has 4 heteroatoms. The second-order valence-corrected chi connectivity index (χ2v) is 4.38. The summed E-state index contributed by atoms with van der Waals surface area (Å²) in [7, 11) is 0. The van der Waals surface area contributed by atoms with Crippen molar-refractivity contribution in [2.45, 2.75) is 0 Å². The number of phenolic OH excluding ortho intramolecular Hbond substituents is 2. The SMILES string of the molecule is O=C(/C=C/c1ccc(Cl)cc1O)c1ccc(O)cc1. The lowest BCUT2D eigenvalue weighted by Gasteiger charge is -1.99. The van der Waals surface area contributed by atoms with Gasteiger partial charge >= 0.3 is 0 Å². The molecule has 0 fully saturated rings. The summed E-state index contributed by atoms with van der Waals surface area (Å²) in [4.78, 5) is 11.8. The highest BCUT2D eigenvalue weighted by molar-refractivity contribution is 6.30. The standard InChI is InChI=1S/C15H11ClO3/c16-12-5-1-11(15(19)9-12)4-8-14(18)10-2-6-13(17)7-3-10/h1-9,17,19H/b8-4+. The van der Waals surface area contributed by atoms with E-state index in [1.807, 2.05) is 0 Å². The lowest BCUT2D eigenvalue weighted by molar-refractivity contribution is 0.104. The van der Waals surface area contributed by atoms with E-state index >= 15 is 0 Å². The van der Waals surface area contributed by atoms with Crippen molar-refractivity contribution in [2.75, 3.05) is 0 Å². The molecule has 2 rings (SSSR count). The van der Waals surface area contributed by atoms with Crippen LogP contribution in [0.5, 0.6) is 11.5 Å². The molecule has 0 aromatic heterocycles. The van der Waals surface area contributed by atoms with E-state index in [1.54, 1.807) is 12.1 Å². The number of carbonyl (C=O) groups excluding carboxylic acids is 1. The van der Waals surface area contributed by atoms with Crippen molar-refractivity contribution in [1.82, 2.24) is 0 Å². The molecule has 0 heterocycles. The van der Waals surface area contributed by atoms with Gasteiger partial charge in [-0.25, -0.2) is 0 Å². The van der Waals surface area contributed by atoms with Crippen molar-refractivity contribution in [1.29, 1.82) is 0 Å². The predicted octanol–water partition coefficient (Wildman–Crippen LogP) is 3.65. The number of halogens is 1. The van der Waals surface area contributed by atoms with Crippen LogP contribution in [-0.4, -0.2) is 16.0 Å². The van der Waals surface area contributed by atoms with E-state index in [2.05, 4.69) is 0 Å². The van der Waals surface area contributed by atoms with E-state index in [1.165, 1.54) is 42.5 Å². The van der Waals surface area contributed by atoms with Crippen molar-refractivity contribution in [2.24, 2.45) is 0 Å². The van der Waals surface area contributed by atoms with Gasteiger partial charge in [-0.1, -0.05) is 11.6 Å². The summed E-state index contributed by atoms with van der Waals surface area (Å²) in [5, 5.41) is 19.2. The highest BCUT2D eigenvalue weighted by Gasteiger charge is 2.03. The van der Waals surface area contributed by atoms with E-state index in [4.69, 9.17) is 16.7 Å². The Morgan fingerprint density at radius 1 is 1.05 bits per heavy atom. The van der Waals surface area contributed by atoms with Gasteiger partial charge in [0.1, 0.15) is 11.5 Å². The van der Waals surface area contributed by atoms with Crippen LogP contribution in [0.1, 0.15) is 15.9 Å². The molecule has 0 aliphatic rings. The Kier molecular flexibility index (Phi) is 3.88. The third-order valence-electron chi connectivity index (χ3n) is 2.56. The number of phenols is 2. The van der Waals surface area contributed by atoms with Crippen molar-refractivity contribution in [3.05, 3.63) is 64.7 Å². The fourth-order valence-corrected chi connectivity index (χ4v) is 1.71. The summed E-state index contributed by atoms with van der Waals surface area (Å²) >= 11 is 5.72. The first-order chi connectivity index (χ1) is 9.06. The average molecular weight is 275 g/mol. The molecule has 0 spiro atoms. The van der Waals surface area contributed by atoms with Crippen LogP contribution < -0.4 is 0 Å². The van der Waals surface area contributed by atoms with Crippen LogP contribution >= 0.6 is 11.6 Å². The van der Waals surface area contributed by atoms with Gasteiger partial charge in [0.2, 0.25) is 0 Å². The molecule has 2 N–H and O–H groups in total. The number of allylic oxidation sites excluding steroid dienone is 1. The van der Waals surface area contributed by atoms with Crippen LogP contribution in [0.25, 0.3) is 6.08 Å². The van der Waals surface area contributed by atoms with E-state index in [0.717, 1.165) is 0 Å². The van der Waals surface area contributed by atoms with Gasteiger partial charge in [-0.15, -0.1) is 0 Å². The molecule has 19 heavy (non-hydrogen) atoms. The number of aromatic hydroxyl groups is 2. The Hall–Kier alpha value is -2.26. The molecule has 0 atom stereocenters. The summed E-state index contributed by atoms with van der Waals surface area (Å²) in [6, 6.07) is 10.6. The van der Waals surface area contributed by atoms with Gasteiger partial charge in [0.05, 0.1) is 0 Å².